The molecule has 0 fully saturated rings. The van der Waals surface area contributed by atoms with Gasteiger partial charge in [0.15, 0.2) is 6.61 Å². The first-order chi connectivity index (χ1) is 6.76. The standard InChI is InChI=1S/C9H16F3NO2/c1-4-13(5-7(2)3)8(14)15-6-9(10,11)12/h7H,4-6H2,1-3H3. The number of carbonyl (C=O) groups excluding carboxylic acids is 1. The zero-order chi connectivity index (χ0) is 12.1. The van der Waals surface area contributed by atoms with Crippen LogP contribution in [-0.2, 0) is 4.74 Å². The van der Waals surface area contributed by atoms with E-state index in [0.717, 1.165) is 0 Å². The van der Waals surface area contributed by atoms with Crippen molar-refractivity contribution < 1.29 is 22.7 Å². The highest BCUT2D eigenvalue weighted by Crippen LogP contribution is 2.15. The van der Waals surface area contributed by atoms with Gasteiger partial charge in [-0.1, -0.05) is 13.8 Å². The van der Waals surface area contributed by atoms with Crippen LogP contribution < -0.4 is 0 Å². The first-order valence-corrected chi connectivity index (χ1v) is 4.74. The Morgan fingerprint density at radius 1 is 1.40 bits per heavy atom. The second kappa shape index (κ2) is 5.82. The Bertz CT molecular complexity index is 204. The van der Waals surface area contributed by atoms with Gasteiger partial charge in [0.05, 0.1) is 0 Å². The molecule has 0 saturated carbocycles. The van der Waals surface area contributed by atoms with E-state index in [9.17, 15) is 18.0 Å². The van der Waals surface area contributed by atoms with Crippen LogP contribution in [0.1, 0.15) is 20.8 Å². The molecule has 0 aliphatic rings. The van der Waals surface area contributed by atoms with E-state index in [2.05, 4.69) is 4.74 Å². The molecule has 0 atom stereocenters. The molecule has 0 rings (SSSR count). The molecule has 0 bridgehead atoms. The Morgan fingerprint density at radius 2 is 1.93 bits per heavy atom. The summed E-state index contributed by atoms with van der Waals surface area (Å²) in [6.07, 6.45) is -5.38. The predicted molar refractivity (Wildman–Crippen MR) is 49.5 cm³/mol. The van der Waals surface area contributed by atoms with E-state index in [1.54, 1.807) is 6.92 Å². The predicted octanol–water partition coefficient (Wildman–Crippen LogP) is 2.66. The van der Waals surface area contributed by atoms with Gasteiger partial charge >= 0.3 is 12.3 Å². The maximum atomic E-state index is 11.8. The molecule has 0 spiro atoms. The van der Waals surface area contributed by atoms with Crippen LogP contribution in [-0.4, -0.2) is 36.9 Å². The minimum absolute atomic E-state index is 0.198. The lowest BCUT2D eigenvalue weighted by Crippen LogP contribution is -2.36. The maximum absolute atomic E-state index is 11.8. The third kappa shape index (κ3) is 7.04. The van der Waals surface area contributed by atoms with E-state index in [-0.39, 0.29) is 5.92 Å². The summed E-state index contributed by atoms with van der Waals surface area (Å²) in [6, 6.07) is 0. The van der Waals surface area contributed by atoms with Crippen molar-refractivity contribution in [3.63, 3.8) is 0 Å². The fourth-order valence-electron chi connectivity index (χ4n) is 1.01. The van der Waals surface area contributed by atoms with Gasteiger partial charge in [0.1, 0.15) is 0 Å². The summed E-state index contributed by atoms with van der Waals surface area (Å²) >= 11 is 0. The fraction of sp³-hybridized carbons (Fsp3) is 0.889. The van der Waals surface area contributed by atoms with E-state index in [1.807, 2.05) is 13.8 Å². The lowest BCUT2D eigenvalue weighted by molar-refractivity contribution is -0.162. The highest BCUT2D eigenvalue weighted by molar-refractivity contribution is 5.67. The van der Waals surface area contributed by atoms with E-state index in [4.69, 9.17) is 0 Å². The van der Waals surface area contributed by atoms with E-state index in [1.165, 1.54) is 4.90 Å². The lowest BCUT2D eigenvalue weighted by Gasteiger charge is -2.22. The lowest BCUT2D eigenvalue weighted by atomic mass is 10.2. The molecular weight excluding hydrogens is 211 g/mol. The number of hydrogen-bond acceptors (Lipinski definition) is 2. The van der Waals surface area contributed by atoms with Gasteiger partial charge < -0.3 is 9.64 Å². The van der Waals surface area contributed by atoms with Crippen LogP contribution in [0.15, 0.2) is 0 Å². The minimum atomic E-state index is -4.47. The summed E-state index contributed by atoms with van der Waals surface area (Å²) in [5.41, 5.74) is 0. The number of amides is 1. The van der Waals surface area contributed by atoms with Crippen LogP contribution in [0.5, 0.6) is 0 Å². The van der Waals surface area contributed by atoms with Gasteiger partial charge in [0.2, 0.25) is 0 Å². The number of carbonyl (C=O) groups is 1. The molecule has 0 heterocycles. The molecule has 0 N–H and O–H groups in total. The van der Waals surface area contributed by atoms with Crippen LogP contribution in [0.4, 0.5) is 18.0 Å². The molecule has 15 heavy (non-hydrogen) atoms. The second-order valence-corrected chi connectivity index (χ2v) is 3.60. The van der Waals surface area contributed by atoms with E-state index >= 15 is 0 Å². The molecule has 3 nitrogen and oxygen atoms in total. The number of ether oxygens (including phenoxy) is 1. The Morgan fingerprint density at radius 3 is 2.27 bits per heavy atom. The van der Waals surface area contributed by atoms with Crippen molar-refractivity contribution >= 4 is 6.09 Å². The summed E-state index contributed by atoms with van der Waals surface area (Å²) < 4.78 is 39.4. The van der Waals surface area contributed by atoms with Crippen molar-refractivity contribution in [3.8, 4) is 0 Å². The topological polar surface area (TPSA) is 29.5 Å². The normalized spacial score (nSPS) is 11.7. The van der Waals surface area contributed by atoms with Crippen molar-refractivity contribution in [2.75, 3.05) is 19.7 Å². The molecule has 0 radical (unpaired) electrons. The summed E-state index contributed by atoms with van der Waals surface area (Å²) in [7, 11) is 0. The first kappa shape index (κ1) is 14.1. The Labute approximate surface area is 87.2 Å². The zero-order valence-electron chi connectivity index (χ0n) is 9.10. The van der Waals surface area contributed by atoms with Gasteiger partial charge in [-0.3, -0.25) is 0 Å². The SMILES string of the molecule is CCN(CC(C)C)C(=O)OCC(F)(F)F. The first-order valence-electron chi connectivity index (χ1n) is 4.74. The molecule has 0 saturated heterocycles. The Kier molecular flexibility index (Phi) is 5.46. The number of halogens is 3. The molecule has 1 amide bonds. The smallest absolute Gasteiger partial charge is 0.422 e. The van der Waals surface area contributed by atoms with E-state index < -0.39 is 18.9 Å². The largest absolute Gasteiger partial charge is 0.440 e. The molecule has 0 aromatic rings. The number of hydrogen-bond donors (Lipinski definition) is 0. The quantitative estimate of drug-likeness (QED) is 0.739. The summed E-state index contributed by atoms with van der Waals surface area (Å²) in [5, 5.41) is 0. The van der Waals surface area contributed by atoms with Gasteiger partial charge in [-0.05, 0) is 12.8 Å². The van der Waals surface area contributed by atoms with Crippen molar-refractivity contribution in [1.29, 1.82) is 0 Å². The Balaban J connectivity index is 4.05. The molecule has 0 aromatic heterocycles. The Hall–Kier alpha value is -0.940. The number of nitrogens with zero attached hydrogens (tertiary/aromatic N) is 1. The average molecular weight is 227 g/mol. The van der Waals surface area contributed by atoms with Gasteiger partial charge in [-0.25, -0.2) is 4.79 Å². The van der Waals surface area contributed by atoms with Gasteiger partial charge in [-0.2, -0.15) is 13.2 Å². The van der Waals surface area contributed by atoms with Crippen LogP contribution in [0.2, 0.25) is 0 Å². The van der Waals surface area contributed by atoms with Crippen LogP contribution in [0, 0.1) is 5.92 Å². The third-order valence-electron chi connectivity index (χ3n) is 1.58. The maximum Gasteiger partial charge on any atom is 0.422 e. The molecule has 90 valence electrons. The summed E-state index contributed by atoms with van der Waals surface area (Å²) in [4.78, 5) is 12.4. The monoisotopic (exact) mass is 227 g/mol. The second-order valence-electron chi connectivity index (χ2n) is 3.60. The van der Waals surface area contributed by atoms with Crippen molar-refractivity contribution in [2.24, 2.45) is 5.92 Å². The van der Waals surface area contributed by atoms with Crippen molar-refractivity contribution in [3.05, 3.63) is 0 Å². The van der Waals surface area contributed by atoms with E-state index in [0.29, 0.717) is 13.1 Å². The average Bonchev–Trinajstić information content (AvgIpc) is 2.08. The van der Waals surface area contributed by atoms with Crippen LogP contribution >= 0.6 is 0 Å². The molecule has 0 aliphatic heterocycles. The zero-order valence-corrected chi connectivity index (χ0v) is 9.10. The fourth-order valence-corrected chi connectivity index (χ4v) is 1.01. The third-order valence-corrected chi connectivity index (χ3v) is 1.58. The van der Waals surface area contributed by atoms with Gasteiger partial charge in [0.25, 0.3) is 0 Å². The number of rotatable bonds is 4. The summed E-state index contributed by atoms with van der Waals surface area (Å²) in [5.74, 6) is 0.198. The van der Waals surface area contributed by atoms with Gasteiger partial charge in [0, 0.05) is 13.1 Å². The van der Waals surface area contributed by atoms with Crippen LogP contribution in [0.3, 0.4) is 0 Å². The molecule has 6 heteroatoms. The highest BCUT2D eigenvalue weighted by Gasteiger charge is 2.30. The van der Waals surface area contributed by atoms with Gasteiger partial charge in [-0.15, -0.1) is 0 Å². The molecular formula is C9H16F3NO2. The molecule has 0 aromatic carbocycles. The summed E-state index contributed by atoms with van der Waals surface area (Å²) in [6.45, 7) is 4.65. The minimum Gasteiger partial charge on any atom is -0.440 e. The van der Waals surface area contributed by atoms with Crippen molar-refractivity contribution in [2.45, 2.75) is 26.9 Å². The highest BCUT2D eigenvalue weighted by atomic mass is 19.4. The van der Waals surface area contributed by atoms with Crippen molar-refractivity contribution in [1.82, 2.24) is 4.90 Å². The molecule has 0 unspecified atom stereocenters. The van der Waals surface area contributed by atoms with Crippen LogP contribution in [0.25, 0.3) is 0 Å². The molecule has 0 aliphatic carbocycles. The number of alkyl halides is 3.